The normalized spacial score (nSPS) is 19.2. The summed E-state index contributed by atoms with van der Waals surface area (Å²) in [5.74, 6) is -2.69. The van der Waals surface area contributed by atoms with Crippen LogP contribution in [0.4, 0.5) is 10.3 Å². The van der Waals surface area contributed by atoms with Crippen molar-refractivity contribution in [3.8, 4) is 11.3 Å². The van der Waals surface area contributed by atoms with E-state index in [2.05, 4.69) is 20.4 Å². The van der Waals surface area contributed by atoms with Crippen molar-refractivity contribution in [1.29, 1.82) is 0 Å². The van der Waals surface area contributed by atoms with Gasteiger partial charge in [-0.05, 0) is 17.7 Å². The van der Waals surface area contributed by atoms with E-state index in [9.17, 15) is 24.7 Å². The van der Waals surface area contributed by atoms with Gasteiger partial charge in [0.05, 0.1) is 22.9 Å². The standard InChI is InChI=1S/C23H20N8O5S3/c24-22-26-13(9-38-22)11-3-1-5-30(7-11)6-2-4-12-8-37-20-16(19(33)31(20)17(12)21(34)35)28-18(32)15(29-36)14-10-39-23(25)27-14/h1-5,7,9-10,16,20H,6,8H2,(H6-,24,25,26,27,28,32,34,35,36)/b4-2+/t16-,20-/m1/s1. The third kappa shape index (κ3) is 5.21. The van der Waals surface area contributed by atoms with Crippen LogP contribution in [0.1, 0.15) is 5.69 Å². The number of β-lactam (4-membered cyclic amide) rings is 1. The summed E-state index contributed by atoms with van der Waals surface area (Å²) >= 11 is 3.70. The van der Waals surface area contributed by atoms with Gasteiger partial charge >= 0.3 is 0 Å². The molecular weight excluding hydrogens is 565 g/mol. The first-order chi connectivity index (χ1) is 18.8. The van der Waals surface area contributed by atoms with Gasteiger partial charge in [-0.3, -0.25) is 14.5 Å². The third-order valence-corrected chi connectivity index (χ3v) is 8.52. The van der Waals surface area contributed by atoms with E-state index in [1.165, 1.54) is 28.5 Å². The maximum atomic E-state index is 12.9. The monoisotopic (exact) mass is 584 g/mol. The van der Waals surface area contributed by atoms with Gasteiger partial charge < -0.3 is 31.9 Å². The van der Waals surface area contributed by atoms with E-state index in [1.807, 2.05) is 34.5 Å². The predicted octanol–water partition coefficient (Wildman–Crippen LogP) is -0.443. The minimum Gasteiger partial charge on any atom is -0.543 e. The highest BCUT2D eigenvalue weighted by Gasteiger charge is 2.53. The van der Waals surface area contributed by atoms with Gasteiger partial charge in [0.2, 0.25) is 0 Å². The van der Waals surface area contributed by atoms with Gasteiger partial charge in [0.25, 0.3) is 11.8 Å². The molecule has 0 radical (unpaired) electrons. The SMILES string of the molecule is Nc1nc(/C(=N/O)C(=O)N[C@@H]2C(=O)N3C(C(=O)[O-])=C(/C=C/C[n+]4cccc(-c5csc(N)n5)c4)CS[C@H]23)cs1. The smallest absolute Gasteiger partial charge is 0.276 e. The fourth-order valence-corrected chi connectivity index (χ4v) is 6.54. The Morgan fingerprint density at radius 3 is 2.72 bits per heavy atom. The number of rotatable bonds is 8. The number of pyridine rings is 1. The van der Waals surface area contributed by atoms with Gasteiger partial charge in [-0.2, -0.15) is 0 Å². The number of aromatic nitrogens is 3. The van der Waals surface area contributed by atoms with E-state index in [0.717, 1.165) is 27.5 Å². The van der Waals surface area contributed by atoms with Crippen molar-refractivity contribution in [2.75, 3.05) is 17.2 Å². The minimum absolute atomic E-state index is 0.0549. The zero-order valence-corrected chi connectivity index (χ0v) is 22.3. The van der Waals surface area contributed by atoms with Gasteiger partial charge in [0.1, 0.15) is 17.1 Å². The number of nitrogen functional groups attached to an aromatic ring is 2. The number of aliphatic carboxylic acids is 1. The van der Waals surface area contributed by atoms with Crippen molar-refractivity contribution < 1.29 is 29.3 Å². The molecule has 0 saturated carbocycles. The molecule has 5 rings (SSSR count). The van der Waals surface area contributed by atoms with Crippen LogP contribution in [-0.2, 0) is 20.9 Å². The molecule has 0 bridgehead atoms. The number of nitrogens with one attached hydrogen (secondary N) is 1. The highest BCUT2D eigenvalue weighted by molar-refractivity contribution is 8.00. The largest absolute Gasteiger partial charge is 0.543 e. The highest BCUT2D eigenvalue weighted by Crippen LogP contribution is 2.40. The van der Waals surface area contributed by atoms with E-state index in [0.29, 0.717) is 17.2 Å². The zero-order valence-electron chi connectivity index (χ0n) is 19.9. The number of hydrogen-bond acceptors (Lipinski definition) is 13. The number of carboxylic acid groups (broad SMARTS) is 1. The van der Waals surface area contributed by atoms with E-state index >= 15 is 0 Å². The van der Waals surface area contributed by atoms with Gasteiger partial charge in [-0.15, -0.1) is 34.4 Å². The first kappa shape index (κ1) is 26.3. The van der Waals surface area contributed by atoms with Crippen molar-refractivity contribution >= 4 is 68.2 Å². The minimum atomic E-state index is -1.50. The third-order valence-electron chi connectivity index (χ3n) is 5.87. The van der Waals surface area contributed by atoms with Crippen molar-refractivity contribution in [3.05, 3.63) is 64.4 Å². The molecule has 2 aliphatic heterocycles. The number of fused-ring (bicyclic) bond motifs is 1. The van der Waals surface area contributed by atoms with Crippen molar-refractivity contribution in [1.82, 2.24) is 20.2 Å². The molecule has 16 heteroatoms. The maximum Gasteiger partial charge on any atom is 0.276 e. The second-order valence-corrected chi connectivity index (χ2v) is 11.2. The molecule has 2 aliphatic rings. The molecule has 0 spiro atoms. The second-order valence-electron chi connectivity index (χ2n) is 8.30. The number of thioether (sulfide) groups is 1. The molecule has 0 aliphatic carbocycles. The van der Waals surface area contributed by atoms with Gasteiger partial charge in [0.15, 0.2) is 34.9 Å². The van der Waals surface area contributed by atoms with Crippen LogP contribution >= 0.6 is 34.4 Å². The van der Waals surface area contributed by atoms with Crippen LogP contribution in [0.3, 0.4) is 0 Å². The molecule has 39 heavy (non-hydrogen) atoms. The number of nitrogens with zero attached hydrogens (tertiary/aromatic N) is 5. The summed E-state index contributed by atoms with van der Waals surface area (Å²) in [6.07, 6.45) is 7.19. The Labute approximate surface area is 233 Å². The summed E-state index contributed by atoms with van der Waals surface area (Å²) in [6, 6.07) is 2.76. The number of allylic oxidation sites excluding steroid dienone is 2. The average molecular weight is 585 g/mol. The number of anilines is 2. The molecule has 3 aromatic heterocycles. The summed E-state index contributed by atoms with van der Waals surface area (Å²) < 4.78 is 1.90. The number of thiazole rings is 2. The number of carboxylic acids is 1. The Bertz CT molecular complexity index is 1560. The van der Waals surface area contributed by atoms with Crippen LogP contribution < -0.4 is 26.5 Å². The molecule has 200 valence electrons. The molecule has 0 aromatic carbocycles. The molecule has 2 amide bonds. The van der Waals surface area contributed by atoms with Gasteiger partial charge in [-0.25, -0.2) is 14.5 Å². The summed E-state index contributed by atoms with van der Waals surface area (Å²) in [6.45, 7) is 0.433. The topological polar surface area (TPSA) is 204 Å². The lowest BCUT2D eigenvalue weighted by Gasteiger charge is -2.50. The van der Waals surface area contributed by atoms with Crippen LogP contribution in [0.15, 0.2) is 63.9 Å². The van der Waals surface area contributed by atoms with Crippen LogP contribution in [0.5, 0.6) is 0 Å². The maximum absolute atomic E-state index is 12.9. The van der Waals surface area contributed by atoms with Gasteiger partial charge in [0, 0.05) is 22.6 Å². The van der Waals surface area contributed by atoms with Crippen molar-refractivity contribution in [3.63, 3.8) is 0 Å². The molecule has 0 unspecified atom stereocenters. The van der Waals surface area contributed by atoms with Crippen molar-refractivity contribution in [2.24, 2.45) is 5.16 Å². The van der Waals surface area contributed by atoms with E-state index < -0.39 is 34.9 Å². The fraction of sp³-hybridized carbons (Fsp3) is 0.174. The Hall–Kier alpha value is -4.28. The van der Waals surface area contributed by atoms with E-state index in [4.69, 9.17) is 11.5 Å². The predicted molar refractivity (Wildman–Crippen MR) is 143 cm³/mol. The molecule has 2 atom stereocenters. The van der Waals surface area contributed by atoms with Crippen LogP contribution in [-0.4, -0.2) is 60.7 Å². The summed E-state index contributed by atoms with van der Waals surface area (Å²) in [5.41, 5.74) is 12.8. The summed E-state index contributed by atoms with van der Waals surface area (Å²) in [5, 5.41) is 30.1. The summed E-state index contributed by atoms with van der Waals surface area (Å²) in [4.78, 5) is 46.9. The number of carbonyl (C=O) groups excluding carboxylic acids is 3. The first-order valence-electron chi connectivity index (χ1n) is 11.3. The molecule has 1 saturated heterocycles. The second kappa shape index (κ2) is 10.8. The number of nitrogens with two attached hydrogens (primary N) is 2. The van der Waals surface area contributed by atoms with Crippen LogP contribution in [0.2, 0.25) is 0 Å². The van der Waals surface area contributed by atoms with Crippen LogP contribution in [0.25, 0.3) is 11.3 Å². The fourth-order valence-electron chi connectivity index (χ4n) is 4.10. The Morgan fingerprint density at radius 2 is 2.05 bits per heavy atom. The molecule has 5 heterocycles. The summed E-state index contributed by atoms with van der Waals surface area (Å²) in [7, 11) is 0. The number of amides is 2. The van der Waals surface area contributed by atoms with Crippen LogP contribution in [0, 0.1) is 0 Å². The molecule has 6 N–H and O–H groups in total. The number of oxime groups is 1. The van der Waals surface area contributed by atoms with E-state index in [-0.39, 0.29) is 22.3 Å². The molecule has 13 nitrogen and oxygen atoms in total. The van der Waals surface area contributed by atoms with Crippen molar-refractivity contribution in [2.45, 2.75) is 18.0 Å². The molecule has 1 fully saturated rings. The van der Waals surface area contributed by atoms with E-state index in [1.54, 1.807) is 12.2 Å². The Morgan fingerprint density at radius 1 is 1.28 bits per heavy atom. The quantitative estimate of drug-likeness (QED) is 0.0883. The lowest BCUT2D eigenvalue weighted by molar-refractivity contribution is -0.686. The van der Waals surface area contributed by atoms with Gasteiger partial charge in [-0.1, -0.05) is 11.2 Å². The highest BCUT2D eigenvalue weighted by atomic mass is 32.2. The first-order valence-corrected chi connectivity index (χ1v) is 14.1. The number of carbonyl (C=O) groups is 3. The zero-order chi connectivity index (χ0) is 27.7. The Balaban J connectivity index is 1.28. The lowest BCUT2D eigenvalue weighted by Crippen LogP contribution is -2.71. The molecular formula is C23H20N8O5S3. The Kier molecular flexibility index (Phi) is 7.32. The number of hydrogen-bond donors (Lipinski definition) is 4. The molecule has 3 aromatic rings. The average Bonchev–Trinajstić information content (AvgIpc) is 3.55. The lowest BCUT2D eigenvalue weighted by atomic mass is 10.0.